The Kier molecular flexibility index (Phi) is 6.72. The minimum absolute atomic E-state index is 0. The van der Waals surface area contributed by atoms with Crippen LogP contribution in [0.3, 0.4) is 0 Å². The first-order valence-electron chi connectivity index (χ1n) is 7.73. The maximum absolute atomic E-state index is 2.57. The average molecular weight is 400 g/mol. The molecule has 0 amide bonds. The van der Waals surface area contributed by atoms with E-state index in [0.29, 0.717) is 11.8 Å². The largest absolute Gasteiger partial charge is 0.147 e. The van der Waals surface area contributed by atoms with Gasteiger partial charge in [0, 0.05) is 0 Å². The van der Waals surface area contributed by atoms with Crippen LogP contribution in [0, 0.1) is 11.8 Å². The molecule has 0 nitrogen and oxygen atoms in total. The quantitative estimate of drug-likeness (QED) is 0.498. The first-order chi connectivity index (χ1) is 9.25. The molecule has 2 rings (SSSR count). The fourth-order valence-corrected chi connectivity index (χ4v) is 23.9. The summed E-state index contributed by atoms with van der Waals surface area (Å²) in [6.45, 7) is 19.4. The summed E-state index contributed by atoms with van der Waals surface area (Å²) in [7, 11) is 0. The van der Waals surface area contributed by atoms with Crippen LogP contribution in [0.25, 0.3) is 0 Å². The number of rotatable bonds is 2. The second-order valence-corrected chi connectivity index (χ2v) is 23.6. The molecule has 0 N–H and O–H groups in total. The van der Waals surface area contributed by atoms with Crippen molar-refractivity contribution in [3.8, 4) is 0 Å². The van der Waals surface area contributed by atoms with Gasteiger partial charge in [-0.05, 0) is 0 Å². The first-order valence-corrected chi connectivity index (χ1v) is 16.4. The van der Waals surface area contributed by atoms with Crippen molar-refractivity contribution < 1.29 is 20.4 Å². The zero-order valence-electron chi connectivity index (χ0n) is 14.7. The zero-order chi connectivity index (χ0) is 15.2. The third kappa shape index (κ3) is 3.48. The Morgan fingerprint density at radius 2 is 1.14 bits per heavy atom. The fourth-order valence-electron chi connectivity index (χ4n) is 3.79. The molecule has 0 aromatic rings. The smallest absolute Gasteiger partial charge is 0.147 e. The fraction of sp³-hybridized carbons (Fsp3) is 0.556. The van der Waals surface area contributed by atoms with Crippen LogP contribution >= 0.6 is 12.4 Å². The van der Waals surface area contributed by atoms with E-state index < -0.39 is 20.4 Å². The SMILES string of the molecule is CC1=CC(C)[C]([Zr]([C]2=C(C)C(C)=CC2C)=[Si](C)C)=C1C.Cl. The molecule has 0 bridgehead atoms. The van der Waals surface area contributed by atoms with E-state index in [1.54, 1.807) is 22.3 Å². The summed E-state index contributed by atoms with van der Waals surface area (Å²) in [6, 6.07) is 0. The van der Waals surface area contributed by atoms with Gasteiger partial charge in [0.15, 0.2) is 0 Å². The van der Waals surface area contributed by atoms with E-state index in [-0.39, 0.29) is 17.8 Å². The summed E-state index contributed by atoms with van der Waals surface area (Å²) >= 11 is -1.66. The molecule has 21 heavy (non-hydrogen) atoms. The van der Waals surface area contributed by atoms with E-state index in [1.807, 2.05) is 6.56 Å². The summed E-state index contributed by atoms with van der Waals surface area (Å²) in [4.78, 5) is 0. The van der Waals surface area contributed by atoms with Gasteiger partial charge in [0.2, 0.25) is 0 Å². The standard InChI is InChI=1S/2C8H11.C2H6Si.ClH.Zr/c2*1-6-4-7(2)8(3)5-6;1-3-2;;/h2*4,6H,1-3H3;1-2H3;1H;. The average Bonchev–Trinajstić information content (AvgIpc) is 2.72. The van der Waals surface area contributed by atoms with Crippen LogP contribution in [-0.2, 0) is 20.4 Å². The topological polar surface area (TPSA) is 0 Å². The van der Waals surface area contributed by atoms with Crippen molar-refractivity contribution >= 4 is 17.8 Å². The van der Waals surface area contributed by atoms with E-state index in [0.717, 1.165) is 0 Å². The minimum atomic E-state index is -1.66. The van der Waals surface area contributed by atoms with Crippen molar-refractivity contribution in [1.82, 2.24) is 0 Å². The maximum atomic E-state index is 2.57. The van der Waals surface area contributed by atoms with E-state index in [2.05, 4.69) is 66.8 Å². The van der Waals surface area contributed by atoms with Crippen molar-refractivity contribution in [3.63, 3.8) is 0 Å². The maximum Gasteiger partial charge on any atom is -0.147 e. The number of allylic oxidation sites excluding steroid dienone is 8. The van der Waals surface area contributed by atoms with Crippen LogP contribution in [0.2, 0.25) is 13.1 Å². The third-order valence-electron chi connectivity index (χ3n) is 4.94. The van der Waals surface area contributed by atoms with Crippen LogP contribution < -0.4 is 0 Å². The molecule has 0 saturated carbocycles. The monoisotopic (exact) mass is 398 g/mol. The molecule has 0 aliphatic heterocycles. The van der Waals surface area contributed by atoms with Crippen LogP contribution in [-0.4, -0.2) is 5.43 Å². The van der Waals surface area contributed by atoms with Gasteiger partial charge in [-0.2, -0.15) is 0 Å². The van der Waals surface area contributed by atoms with Gasteiger partial charge < -0.3 is 0 Å². The van der Waals surface area contributed by atoms with Crippen molar-refractivity contribution in [2.45, 2.75) is 54.6 Å². The van der Waals surface area contributed by atoms with Crippen LogP contribution in [0.5, 0.6) is 0 Å². The number of hydrogen-bond donors (Lipinski definition) is 0. The summed E-state index contributed by atoms with van der Waals surface area (Å²) in [5.41, 5.74) is 6.18. The first kappa shape index (κ1) is 19.4. The molecule has 2 unspecified atom stereocenters. The molecule has 0 fully saturated rings. The minimum Gasteiger partial charge on any atom is -0.147 e. The van der Waals surface area contributed by atoms with Crippen molar-refractivity contribution in [1.29, 1.82) is 0 Å². The van der Waals surface area contributed by atoms with E-state index in [4.69, 9.17) is 0 Å². The van der Waals surface area contributed by atoms with E-state index in [1.165, 1.54) is 0 Å². The summed E-state index contributed by atoms with van der Waals surface area (Å²) in [5, 5.41) is 0. The molecule has 0 saturated heterocycles. The Hall–Kier alpha value is 0.350. The van der Waals surface area contributed by atoms with E-state index >= 15 is 0 Å². The second kappa shape index (κ2) is 7.28. The van der Waals surface area contributed by atoms with Crippen LogP contribution in [0.15, 0.2) is 41.0 Å². The summed E-state index contributed by atoms with van der Waals surface area (Å²) < 4.78 is 3.82. The molecule has 2 aliphatic carbocycles. The van der Waals surface area contributed by atoms with Crippen LogP contribution in [0.4, 0.5) is 0 Å². The van der Waals surface area contributed by atoms with Crippen molar-refractivity contribution in [2.24, 2.45) is 11.8 Å². The molecule has 0 spiro atoms. The molecular formula is C18H29ClSiZr. The molecule has 2 atom stereocenters. The number of halogens is 1. The Morgan fingerprint density at radius 1 is 0.810 bits per heavy atom. The molecular weight excluding hydrogens is 371 g/mol. The van der Waals surface area contributed by atoms with Crippen molar-refractivity contribution in [2.75, 3.05) is 0 Å². The molecule has 0 aromatic carbocycles. The number of hydrogen-bond acceptors (Lipinski definition) is 0. The van der Waals surface area contributed by atoms with Crippen LogP contribution in [0.1, 0.15) is 41.5 Å². The van der Waals surface area contributed by atoms with Crippen molar-refractivity contribution in [3.05, 3.63) is 41.0 Å². The van der Waals surface area contributed by atoms with Gasteiger partial charge in [-0.3, -0.25) is 0 Å². The third-order valence-corrected chi connectivity index (χ3v) is 23.2. The van der Waals surface area contributed by atoms with Gasteiger partial charge in [0.05, 0.1) is 0 Å². The normalized spacial score (nSPS) is 25.0. The summed E-state index contributed by atoms with van der Waals surface area (Å²) in [6.07, 6.45) is 5.01. The molecule has 2 aliphatic rings. The van der Waals surface area contributed by atoms with E-state index in [9.17, 15) is 0 Å². The zero-order valence-corrected chi connectivity index (χ0v) is 19.0. The van der Waals surface area contributed by atoms with Gasteiger partial charge in [-0.15, -0.1) is 12.4 Å². The summed E-state index contributed by atoms with van der Waals surface area (Å²) in [5.74, 6) is 1.41. The molecule has 3 heteroatoms. The van der Waals surface area contributed by atoms with Gasteiger partial charge in [0.25, 0.3) is 0 Å². The molecule has 0 aromatic heterocycles. The Bertz CT molecular complexity index is 565. The molecule has 0 radical (unpaired) electrons. The molecule has 0 heterocycles. The Balaban J connectivity index is 0.00000220. The Morgan fingerprint density at radius 3 is 1.33 bits per heavy atom. The van der Waals surface area contributed by atoms with Gasteiger partial charge in [-0.1, -0.05) is 0 Å². The predicted molar refractivity (Wildman–Crippen MR) is 96.0 cm³/mol. The molecule has 116 valence electrons. The predicted octanol–water partition coefficient (Wildman–Crippen LogP) is 6.02. The van der Waals surface area contributed by atoms with Gasteiger partial charge in [-0.25, -0.2) is 0 Å². The Labute approximate surface area is 145 Å². The second-order valence-electron chi connectivity index (χ2n) is 6.73. The van der Waals surface area contributed by atoms with Gasteiger partial charge in [0.1, 0.15) is 0 Å². The van der Waals surface area contributed by atoms with Gasteiger partial charge >= 0.3 is 133 Å².